The predicted molar refractivity (Wildman–Crippen MR) is 75.3 cm³/mol. The second-order valence-electron chi connectivity index (χ2n) is 5.59. The Kier molecular flexibility index (Phi) is 6.65. The van der Waals surface area contributed by atoms with Gasteiger partial charge in [0.15, 0.2) is 0 Å². The lowest BCUT2D eigenvalue weighted by Crippen LogP contribution is -2.49. The summed E-state index contributed by atoms with van der Waals surface area (Å²) in [5.41, 5.74) is 5.66. The molecule has 0 heterocycles. The lowest BCUT2D eigenvalue weighted by atomic mass is 10.1. The van der Waals surface area contributed by atoms with Crippen LogP contribution in [0.25, 0.3) is 0 Å². The molecule has 4 nitrogen and oxygen atoms in total. The molecule has 1 fully saturated rings. The Morgan fingerprint density at radius 3 is 2.50 bits per heavy atom. The molecule has 0 aromatic heterocycles. The number of hydrogen-bond acceptors (Lipinski definition) is 3. The molecule has 0 aromatic rings. The van der Waals surface area contributed by atoms with Crippen molar-refractivity contribution in [3.63, 3.8) is 0 Å². The normalized spacial score (nSPS) is 20.1. The lowest BCUT2D eigenvalue weighted by Gasteiger charge is -2.30. The van der Waals surface area contributed by atoms with Crippen molar-refractivity contribution < 1.29 is 4.79 Å². The largest absolute Gasteiger partial charge is 0.352 e. The molecular weight excluding hydrogens is 226 g/mol. The third-order valence-corrected chi connectivity index (χ3v) is 3.98. The van der Waals surface area contributed by atoms with Gasteiger partial charge < -0.3 is 11.1 Å². The van der Waals surface area contributed by atoms with E-state index < -0.39 is 0 Å². The molecule has 0 spiro atoms. The fourth-order valence-corrected chi connectivity index (χ4v) is 2.59. The molecule has 1 rings (SSSR count). The minimum atomic E-state index is -0.0513. The van der Waals surface area contributed by atoms with Crippen molar-refractivity contribution in [3.05, 3.63) is 0 Å². The van der Waals surface area contributed by atoms with Crippen LogP contribution in [0, 0.1) is 5.92 Å². The van der Waals surface area contributed by atoms with Gasteiger partial charge in [-0.2, -0.15) is 0 Å². The van der Waals surface area contributed by atoms with Crippen LogP contribution in [-0.4, -0.2) is 42.5 Å². The van der Waals surface area contributed by atoms with Gasteiger partial charge in [0.25, 0.3) is 0 Å². The fourth-order valence-electron chi connectivity index (χ4n) is 2.59. The van der Waals surface area contributed by atoms with Crippen LogP contribution in [0.5, 0.6) is 0 Å². The second kappa shape index (κ2) is 7.74. The van der Waals surface area contributed by atoms with E-state index in [-0.39, 0.29) is 11.9 Å². The van der Waals surface area contributed by atoms with E-state index in [2.05, 4.69) is 24.1 Å². The molecular formula is C14H29N3O. The zero-order valence-corrected chi connectivity index (χ0v) is 12.1. The number of amides is 1. The number of carbonyl (C=O) groups excluding carboxylic acids is 1. The second-order valence-corrected chi connectivity index (χ2v) is 5.59. The van der Waals surface area contributed by atoms with Crippen LogP contribution in [0.15, 0.2) is 0 Å². The minimum Gasteiger partial charge on any atom is -0.352 e. The first kappa shape index (κ1) is 15.4. The van der Waals surface area contributed by atoms with Crippen LogP contribution >= 0.6 is 0 Å². The van der Waals surface area contributed by atoms with E-state index in [4.69, 9.17) is 5.73 Å². The number of nitrogens with zero attached hydrogens (tertiary/aromatic N) is 1. The Labute approximate surface area is 111 Å². The molecule has 0 aromatic carbocycles. The van der Waals surface area contributed by atoms with Gasteiger partial charge in [-0.05, 0) is 38.8 Å². The highest BCUT2D eigenvalue weighted by atomic mass is 16.2. The Hall–Kier alpha value is -0.610. The highest BCUT2D eigenvalue weighted by molar-refractivity contribution is 5.81. The number of carbonyl (C=O) groups is 1. The first-order valence-corrected chi connectivity index (χ1v) is 7.33. The average molecular weight is 255 g/mol. The highest BCUT2D eigenvalue weighted by Crippen LogP contribution is 2.18. The summed E-state index contributed by atoms with van der Waals surface area (Å²) < 4.78 is 0. The molecule has 1 amide bonds. The summed E-state index contributed by atoms with van der Waals surface area (Å²) in [6.45, 7) is 8.69. The van der Waals surface area contributed by atoms with Gasteiger partial charge in [0.2, 0.25) is 5.91 Å². The average Bonchev–Trinajstić information content (AvgIpc) is 2.87. The minimum absolute atomic E-state index is 0.0513. The topological polar surface area (TPSA) is 58.4 Å². The van der Waals surface area contributed by atoms with E-state index in [0.717, 1.165) is 25.9 Å². The molecule has 1 aliphatic carbocycles. The summed E-state index contributed by atoms with van der Waals surface area (Å²) in [5.74, 6) is 0.611. The zero-order chi connectivity index (χ0) is 13.5. The Balaban J connectivity index is 2.43. The smallest absolute Gasteiger partial charge is 0.237 e. The van der Waals surface area contributed by atoms with Crippen LogP contribution in [0.4, 0.5) is 0 Å². The summed E-state index contributed by atoms with van der Waals surface area (Å²) >= 11 is 0. The van der Waals surface area contributed by atoms with Crippen LogP contribution in [-0.2, 0) is 4.79 Å². The van der Waals surface area contributed by atoms with Crippen molar-refractivity contribution in [2.45, 2.75) is 58.5 Å². The molecule has 106 valence electrons. The molecule has 2 atom stereocenters. The van der Waals surface area contributed by atoms with Gasteiger partial charge in [0.1, 0.15) is 0 Å². The predicted octanol–water partition coefficient (Wildman–Crippen LogP) is 1.35. The SMILES string of the molecule is CCN(CC(C)CN)C(C)C(=O)NC1CCCC1. The number of hydrogen-bond donors (Lipinski definition) is 2. The van der Waals surface area contributed by atoms with Gasteiger partial charge in [-0.3, -0.25) is 9.69 Å². The van der Waals surface area contributed by atoms with E-state index in [0.29, 0.717) is 18.5 Å². The number of rotatable bonds is 7. The van der Waals surface area contributed by atoms with Crippen LogP contribution < -0.4 is 11.1 Å². The lowest BCUT2D eigenvalue weighted by molar-refractivity contribution is -0.126. The molecule has 0 saturated heterocycles. The summed E-state index contributed by atoms with van der Waals surface area (Å²) in [4.78, 5) is 14.4. The quantitative estimate of drug-likeness (QED) is 0.722. The third-order valence-electron chi connectivity index (χ3n) is 3.98. The standard InChI is InChI=1S/C14H29N3O/c1-4-17(10-11(2)9-15)12(3)14(18)16-13-7-5-6-8-13/h11-13H,4-10,15H2,1-3H3,(H,16,18). The Bertz CT molecular complexity index is 251. The molecule has 1 aliphatic rings. The Morgan fingerprint density at radius 2 is 2.00 bits per heavy atom. The van der Waals surface area contributed by atoms with Crippen molar-refractivity contribution in [1.29, 1.82) is 0 Å². The first-order valence-electron chi connectivity index (χ1n) is 7.33. The van der Waals surface area contributed by atoms with Crippen LogP contribution in [0.1, 0.15) is 46.5 Å². The van der Waals surface area contributed by atoms with Crippen LogP contribution in [0.3, 0.4) is 0 Å². The molecule has 1 saturated carbocycles. The maximum atomic E-state index is 12.2. The van der Waals surface area contributed by atoms with Gasteiger partial charge in [0.05, 0.1) is 6.04 Å². The Morgan fingerprint density at radius 1 is 1.39 bits per heavy atom. The molecule has 2 unspecified atom stereocenters. The highest BCUT2D eigenvalue weighted by Gasteiger charge is 2.24. The molecule has 3 N–H and O–H groups in total. The maximum absolute atomic E-state index is 12.2. The van der Waals surface area contributed by atoms with Crippen molar-refractivity contribution in [2.75, 3.05) is 19.6 Å². The van der Waals surface area contributed by atoms with Crippen molar-refractivity contribution >= 4 is 5.91 Å². The van der Waals surface area contributed by atoms with Gasteiger partial charge in [-0.15, -0.1) is 0 Å². The zero-order valence-electron chi connectivity index (χ0n) is 12.1. The van der Waals surface area contributed by atoms with Crippen molar-refractivity contribution in [3.8, 4) is 0 Å². The number of likely N-dealkylation sites (N-methyl/N-ethyl adjacent to an activating group) is 1. The monoisotopic (exact) mass is 255 g/mol. The van der Waals surface area contributed by atoms with E-state index in [1.54, 1.807) is 0 Å². The van der Waals surface area contributed by atoms with Crippen molar-refractivity contribution in [2.24, 2.45) is 11.7 Å². The summed E-state index contributed by atoms with van der Waals surface area (Å²) in [6.07, 6.45) is 4.79. The molecule has 18 heavy (non-hydrogen) atoms. The number of nitrogens with two attached hydrogens (primary N) is 1. The fraction of sp³-hybridized carbons (Fsp3) is 0.929. The summed E-state index contributed by atoms with van der Waals surface area (Å²) in [7, 11) is 0. The molecule has 0 radical (unpaired) electrons. The van der Waals surface area contributed by atoms with E-state index in [1.165, 1.54) is 12.8 Å². The van der Waals surface area contributed by atoms with Crippen LogP contribution in [0.2, 0.25) is 0 Å². The van der Waals surface area contributed by atoms with E-state index in [1.807, 2.05) is 6.92 Å². The van der Waals surface area contributed by atoms with Gasteiger partial charge in [0, 0.05) is 12.6 Å². The summed E-state index contributed by atoms with van der Waals surface area (Å²) in [5, 5.41) is 3.17. The van der Waals surface area contributed by atoms with E-state index in [9.17, 15) is 4.79 Å². The van der Waals surface area contributed by atoms with E-state index >= 15 is 0 Å². The molecule has 4 heteroatoms. The summed E-state index contributed by atoms with van der Waals surface area (Å²) in [6, 6.07) is 0.357. The van der Waals surface area contributed by atoms with Gasteiger partial charge in [-0.1, -0.05) is 26.7 Å². The molecule has 0 bridgehead atoms. The van der Waals surface area contributed by atoms with Gasteiger partial charge in [-0.25, -0.2) is 0 Å². The number of nitrogens with one attached hydrogen (secondary N) is 1. The third kappa shape index (κ3) is 4.58. The molecule has 0 aliphatic heterocycles. The van der Waals surface area contributed by atoms with Crippen molar-refractivity contribution in [1.82, 2.24) is 10.2 Å². The maximum Gasteiger partial charge on any atom is 0.237 e. The first-order chi connectivity index (χ1) is 8.58. The van der Waals surface area contributed by atoms with Gasteiger partial charge >= 0.3 is 0 Å².